The molecule has 0 spiro atoms. The topological polar surface area (TPSA) is 32.2 Å². The van der Waals surface area contributed by atoms with Crippen molar-refractivity contribution in [2.45, 2.75) is 0 Å². The third kappa shape index (κ3) is 3.68. The second-order valence-electron chi connectivity index (χ2n) is 11.0. The van der Waals surface area contributed by atoms with Crippen LogP contribution in [0.25, 0.3) is 65.6 Å². The summed E-state index contributed by atoms with van der Waals surface area (Å²) in [6.07, 6.45) is 0. The van der Waals surface area contributed by atoms with Crippen LogP contribution in [0.3, 0.4) is 0 Å². The van der Waals surface area contributed by atoms with Crippen LogP contribution in [-0.2, 0) is 0 Å². The molecule has 0 saturated heterocycles. The summed E-state index contributed by atoms with van der Waals surface area (Å²) in [6.45, 7) is 0. The fourth-order valence-electron chi connectivity index (χ4n) is 6.64. The van der Waals surface area contributed by atoms with Crippen molar-refractivity contribution < 1.29 is 4.42 Å². The minimum absolute atomic E-state index is 0.877. The molecule has 3 nitrogen and oxygen atoms in total. The molecule has 2 aromatic heterocycles. The molecule has 2 heterocycles. The van der Waals surface area contributed by atoms with Crippen molar-refractivity contribution in [3.8, 4) is 11.1 Å². The van der Waals surface area contributed by atoms with Crippen molar-refractivity contribution in [3.05, 3.63) is 152 Å². The van der Waals surface area contributed by atoms with Crippen LogP contribution in [0.4, 0.5) is 17.1 Å². The highest BCUT2D eigenvalue weighted by Gasteiger charge is 2.21. The van der Waals surface area contributed by atoms with Crippen molar-refractivity contribution in [2.75, 3.05) is 4.90 Å². The van der Waals surface area contributed by atoms with Crippen LogP contribution in [0, 0.1) is 0 Å². The summed E-state index contributed by atoms with van der Waals surface area (Å²) in [5.41, 5.74) is 9.65. The number of aromatic nitrogens is 1. The molecule has 0 aliphatic carbocycles. The van der Waals surface area contributed by atoms with Crippen molar-refractivity contribution in [3.63, 3.8) is 0 Å². The number of aromatic amines is 1. The van der Waals surface area contributed by atoms with E-state index in [0.29, 0.717) is 0 Å². The minimum atomic E-state index is 0.877. The zero-order chi connectivity index (χ0) is 28.3. The minimum Gasteiger partial charge on any atom is -0.455 e. The van der Waals surface area contributed by atoms with E-state index >= 15 is 0 Å². The van der Waals surface area contributed by atoms with Crippen molar-refractivity contribution in [1.82, 2.24) is 4.98 Å². The molecule has 0 amide bonds. The van der Waals surface area contributed by atoms with E-state index in [2.05, 4.69) is 162 Å². The quantitative estimate of drug-likeness (QED) is 0.236. The zero-order valence-corrected chi connectivity index (χ0v) is 23.3. The van der Waals surface area contributed by atoms with E-state index in [1.165, 1.54) is 27.3 Å². The van der Waals surface area contributed by atoms with Gasteiger partial charge in [0, 0.05) is 44.5 Å². The molecule has 0 aliphatic rings. The van der Waals surface area contributed by atoms with Crippen molar-refractivity contribution >= 4 is 71.6 Å². The van der Waals surface area contributed by atoms with Crippen LogP contribution >= 0.6 is 0 Å². The van der Waals surface area contributed by atoms with E-state index < -0.39 is 0 Å². The molecule has 0 unspecified atom stereocenters. The first-order chi connectivity index (χ1) is 21.3. The molecular formula is C40H26N2O. The Hall–Kier alpha value is -5.80. The summed E-state index contributed by atoms with van der Waals surface area (Å²) in [5.74, 6) is 0. The molecule has 43 heavy (non-hydrogen) atoms. The van der Waals surface area contributed by atoms with Gasteiger partial charge in [0.2, 0.25) is 0 Å². The van der Waals surface area contributed by atoms with E-state index in [-0.39, 0.29) is 0 Å². The zero-order valence-electron chi connectivity index (χ0n) is 23.3. The van der Waals surface area contributed by atoms with Gasteiger partial charge in [-0.3, -0.25) is 0 Å². The van der Waals surface area contributed by atoms with Crippen LogP contribution in [0.2, 0.25) is 0 Å². The first kappa shape index (κ1) is 23.9. The molecule has 0 bridgehead atoms. The molecule has 202 valence electrons. The summed E-state index contributed by atoms with van der Waals surface area (Å²) >= 11 is 0. The summed E-state index contributed by atoms with van der Waals surface area (Å²) < 4.78 is 6.90. The van der Waals surface area contributed by atoms with Gasteiger partial charge in [-0.25, -0.2) is 0 Å². The Morgan fingerprint density at radius 1 is 0.442 bits per heavy atom. The maximum absolute atomic E-state index is 6.90. The van der Waals surface area contributed by atoms with Gasteiger partial charge in [0.15, 0.2) is 0 Å². The number of H-pyrrole nitrogens is 1. The van der Waals surface area contributed by atoms with Gasteiger partial charge >= 0.3 is 0 Å². The average Bonchev–Trinajstić information content (AvgIpc) is 3.64. The lowest BCUT2D eigenvalue weighted by molar-refractivity contribution is 0.673. The standard InChI is InChI=1S/C40H26N2O/c1-4-12-26(13-5-1)27-20-22-34-33(24-27)39-35(41-34)23-21-32-38-31-19-11-10-18-30(31)36(25-37(38)43-40(32)39)42(28-14-6-2-7-15-28)29-16-8-3-9-17-29/h1-25,41H. The highest BCUT2D eigenvalue weighted by molar-refractivity contribution is 6.29. The van der Waals surface area contributed by atoms with Crippen molar-refractivity contribution in [1.29, 1.82) is 0 Å². The molecule has 0 radical (unpaired) electrons. The van der Waals surface area contributed by atoms with Crippen LogP contribution in [0.1, 0.15) is 0 Å². The first-order valence-electron chi connectivity index (χ1n) is 14.6. The normalized spacial score (nSPS) is 11.7. The van der Waals surface area contributed by atoms with Crippen LogP contribution < -0.4 is 4.90 Å². The fraction of sp³-hybridized carbons (Fsp3) is 0. The van der Waals surface area contributed by atoms with Crippen LogP contribution in [0.5, 0.6) is 0 Å². The molecule has 9 rings (SSSR count). The first-order valence-corrected chi connectivity index (χ1v) is 14.6. The molecule has 0 aliphatic heterocycles. The van der Waals surface area contributed by atoms with Crippen LogP contribution in [0.15, 0.2) is 156 Å². The van der Waals surface area contributed by atoms with Gasteiger partial charge in [-0.05, 0) is 65.0 Å². The molecule has 7 aromatic carbocycles. The number of nitrogens with one attached hydrogen (secondary N) is 1. The number of furan rings is 1. The lowest BCUT2D eigenvalue weighted by atomic mass is 9.99. The largest absolute Gasteiger partial charge is 0.455 e. The Balaban J connectivity index is 1.36. The lowest BCUT2D eigenvalue weighted by Crippen LogP contribution is -2.10. The monoisotopic (exact) mass is 550 g/mol. The number of anilines is 3. The Bertz CT molecular complexity index is 2400. The van der Waals surface area contributed by atoms with E-state index in [9.17, 15) is 0 Å². The number of para-hydroxylation sites is 2. The van der Waals surface area contributed by atoms with Gasteiger partial charge in [-0.1, -0.05) is 97.1 Å². The molecule has 0 saturated carbocycles. The summed E-state index contributed by atoms with van der Waals surface area (Å²) in [5, 5.41) is 6.91. The molecule has 0 fully saturated rings. The summed E-state index contributed by atoms with van der Waals surface area (Å²) in [7, 11) is 0. The Morgan fingerprint density at radius 3 is 1.79 bits per heavy atom. The van der Waals surface area contributed by atoms with Gasteiger partial charge in [0.05, 0.1) is 16.6 Å². The third-order valence-corrected chi connectivity index (χ3v) is 8.56. The SMILES string of the molecule is c1ccc(-c2ccc3[nH]c4ccc5c(oc6cc(N(c7ccccc7)c7ccccc7)c7ccccc7c65)c4c3c2)cc1. The molecule has 3 heteroatoms. The second-order valence-corrected chi connectivity index (χ2v) is 11.0. The lowest BCUT2D eigenvalue weighted by Gasteiger charge is -2.26. The Morgan fingerprint density at radius 2 is 1.07 bits per heavy atom. The van der Waals surface area contributed by atoms with E-state index in [1.54, 1.807) is 0 Å². The van der Waals surface area contributed by atoms with E-state index in [0.717, 1.165) is 55.4 Å². The molecule has 9 aromatic rings. The molecule has 0 atom stereocenters. The van der Waals surface area contributed by atoms with E-state index in [1.807, 2.05) is 0 Å². The number of hydrogen-bond acceptors (Lipinski definition) is 2. The predicted molar refractivity (Wildman–Crippen MR) is 181 cm³/mol. The Labute approximate surface area is 248 Å². The van der Waals surface area contributed by atoms with Gasteiger partial charge in [-0.2, -0.15) is 0 Å². The Kier molecular flexibility index (Phi) is 5.20. The number of rotatable bonds is 4. The van der Waals surface area contributed by atoms with Gasteiger partial charge < -0.3 is 14.3 Å². The molecular weight excluding hydrogens is 524 g/mol. The second kappa shape index (κ2) is 9.37. The van der Waals surface area contributed by atoms with Gasteiger partial charge in [-0.15, -0.1) is 0 Å². The predicted octanol–water partition coefficient (Wildman–Crippen LogP) is 11.5. The highest BCUT2D eigenvalue weighted by Crippen LogP contribution is 2.46. The number of hydrogen-bond donors (Lipinski definition) is 1. The molecule has 1 N–H and O–H groups in total. The van der Waals surface area contributed by atoms with Gasteiger partial charge in [0.1, 0.15) is 11.2 Å². The average molecular weight is 551 g/mol. The smallest absolute Gasteiger partial charge is 0.145 e. The number of benzene rings is 7. The van der Waals surface area contributed by atoms with Crippen molar-refractivity contribution in [2.24, 2.45) is 0 Å². The highest BCUT2D eigenvalue weighted by atomic mass is 16.3. The number of fused-ring (bicyclic) bond motifs is 9. The third-order valence-electron chi connectivity index (χ3n) is 8.56. The summed E-state index contributed by atoms with van der Waals surface area (Å²) in [4.78, 5) is 5.96. The van der Waals surface area contributed by atoms with Crippen LogP contribution in [-0.4, -0.2) is 4.98 Å². The fourth-order valence-corrected chi connectivity index (χ4v) is 6.64. The van der Waals surface area contributed by atoms with E-state index in [4.69, 9.17) is 4.42 Å². The number of nitrogens with zero attached hydrogens (tertiary/aromatic N) is 1. The maximum Gasteiger partial charge on any atom is 0.145 e. The summed E-state index contributed by atoms with van der Waals surface area (Å²) in [6, 6.07) is 53.6. The van der Waals surface area contributed by atoms with Gasteiger partial charge in [0.25, 0.3) is 0 Å². The maximum atomic E-state index is 6.90.